The number of nitrogens with one attached hydrogen (secondary N) is 1. The second-order valence-corrected chi connectivity index (χ2v) is 14.9. The largest absolute Gasteiger partial charge is 0.477 e. The monoisotopic (exact) mass is 996 g/mol. The number of aliphatic carboxylic acids is 1. The van der Waals surface area contributed by atoms with E-state index in [2.05, 4.69) is 20.4 Å². The molecule has 1 aromatic heterocycles. The van der Waals surface area contributed by atoms with Crippen molar-refractivity contribution in [3.8, 4) is 5.75 Å². The van der Waals surface area contributed by atoms with Gasteiger partial charge in [-0.3, -0.25) is 9.59 Å². The van der Waals surface area contributed by atoms with E-state index < -0.39 is 152 Å². The normalized spacial score (nSPS) is 26.1. The molecule has 0 spiro atoms. The molecule has 0 saturated carbocycles. The molecule has 1 aromatic carbocycles. The highest BCUT2D eigenvalue weighted by Gasteiger charge is 2.57. The van der Waals surface area contributed by atoms with Crippen molar-refractivity contribution in [1.82, 2.24) is 20.3 Å². The van der Waals surface area contributed by atoms with Crippen LogP contribution in [0.2, 0.25) is 0 Å². The lowest BCUT2D eigenvalue weighted by Crippen LogP contribution is -2.68. The third kappa shape index (κ3) is 15.4. The minimum absolute atomic E-state index is 0.000119. The van der Waals surface area contributed by atoms with Crippen LogP contribution in [-0.4, -0.2) is 225 Å². The first kappa shape index (κ1) is 56.4. The van der Waals surface area contributed by atoms with Crippen molar-refractivity contribution >= 4 is 17.8 Å². The number of benzene rings is 1. The Hall–Kier alpha value is -4.22. The van der Waals surface area contributed by atoms with Gasteiger partial charge in [0, 0.05) is 19.0 Å². The SMILES string of the molecule is O=C(CO)N[C@@H]1[C@@H]([C@@H](O)[C@@H](O)CO)O[C@@](OC[C@H]2O[C@@H](OCCc3cn(CCOCCOCCOCCOCCC(=O)Oc4c(F)c(F)c(F)c(F)c4F)nn3)[C@H](O)[C@@H](O)[C@H]2O)(C(=O)O)C[C@H]1O. The Kier molecular flexibility index (Phi) is 22.6. The molecule has 68 heavy (non-hydrogen) atoms. The molecule has 2 fully saturated rings. The van der Waals surface area contributed by atoms with Gasteiger partial charge in [-0.05, 0) is 0 Å². The van der Waals surface area contributed by atoms with Gasteiger partial charge in [-0.15, -0.1) is 5.10 Å². The highest BCUT2D eigenvalue weighted by Crippen LogP contribution is 2.35. The van der Waals surface area contributed by atoms with Gasteiger partial charge in [-0.25, -0.2) is 22.6 Å². The van der Waals surface area contributed by atoms with Crippen LogP contribution in [-0.2, 0) is 65.2 Å². The van der Waals surface area contributed by atoms with Gasteiger partial charge in [0.05, 0.1) is 103 Å². The smallest absolute Gasteiger partial charge is 0.364 e. The molecule has 2 aromatic rings. The number of aromatic nitrogens is 3. The van der Waals surface area contributed by atoms with Crippen molar-refractivity contribution in [2.24, 2.45) is 0 Å². The molecule has 1 amide bonds. The minimum atomic E-state index is -2.83. The molecular weight excluding hydrogens is 943 g/mol. The highest BCUT2D eigenvalue weighted by atomic mass is 19.2. The number of esters is 1. The van der Waals surface area contributed by atoms with E-state index in [1.807, 2.05) is 0 Å². The van der Waals surface area contributed by atoms with Crippen LogP contribution in [0.1, 0.15) is 18.5 Å². The Morgan fingerprint density at radius 2 is 1.41 bits per heavy atom. The van der Waals surface area contributed by atoms with Gasteiger partial charge in [0.15, 0.2) is 6.29 Å². The molecule has 10 N–H and O–H groups in total. The number of rotatable bonds is 29. The van der Waals surface area contributed by atoms with E-state index in [1.165, 1.54) is 4.68 Å². The zero-order valence-corrected chi connectivity index (χ0v) is 35.8. The topological polar surface area (TPSA) is 359 Å². The number of halogens is 5. The molecule has 0 radical (unpaired) electrons. The number of carboxylic acid groups (broad SMARTS) is 1. The molecule has 2 aliphatic heterocycles. The Bertz CT molecular complexity index is 1900. The molecule has 11 atom stereocenters. The zero-order valence-electron chi connectivity index (χ0n) is 35.8. The summed E-state index contributed by atoms with van der Waals surface area (Å²) in [5.74, 6) is -20.2. The fourth-order valence-electron chi connectivity index (χ4n) is 6.44. The number of hydrogen-bond acceptors (Lipinski definition) is 22. The summed E-state index contributed by atoms with van der Waals surface area (Å²) in [6, 6.07) is -1.61. The summed E-state index contributed by atoms with van der Waals surface area (Å²) >= 11 is 0. The summed E-state index contributed by atoms with van der Waals surface area (Å²) < 4.78 is 116. The van der Waals surface area contributed by atoms with E-state index in [4.69, 9.17) is 43.0 Å². The van der Waals surface area contributed by atoms with Gasteiger partial charge in [0.1, 0.15) is 49.3 Å². The molecule has 30 heteroatoms. The molecule has 2 saturated heterocycles. The zero-order chi connectivity index (χ0) is 50.1. The number of carbonyl (C=O) groups excluding carboxylic acids is 2. The van der Waals surface area contributed by atoms with Crippen LogP contribution < -0.4 is 10.1 Å². The van der Waals surface area contributed by atoms with E-state index >= 15 is 0 Å². The first-order valence-electron chi connectivity index (χ1n) is 20.7. The molecule has 2 aliphatic rings. The third-order valence-corrected chi connectivity index (χ3v) is 10.1. The van der Waals surface area contributed by atoms with Crippen molar-refractivity contribution < 1.29 is 125 Å². The Morgan fingerprint density at radius 3 is 2.00 bits per heavy atom. The lowest BCUT2D eigenvalue weighted by Gasteiger charge is -2.47. The van der Waals surface area contributed by atoms with E-state index in [9.17, 15) is 77.2 Å². The fraction of sp³-hybridized carbons (Fsp3) is 0.711. The number of hydrogen-bond donors (Lipinski definition) is 10. The second-order valence-electron chi connectivity index (χ2n) is 14.9. The van der Waals surface area contributed by atoms with Gasteiger partial charge >= 0.3 is 11.9 Å². The van der Waals surface area contributed by atoms with Crippen LogP contribution >= 0.6 is 0 Å². The molecule has 25 nitrogen and oxygen atoms in total. The first-order chi connectivity index (χ1) is 32.3. The van der Waals surface area contributed by atoms with Crippen LogP contribution in [0, 0.1) is 29.1 Å². The van der Waals surface area contributed by atoms with E-state index in [1.54, 1.807) is 6.20 Å². The van der Waals surface area contributed by atoms with Crippen LogP contribution in [0.25, 0.3) is 0 Å². The maximum absolute atomic E-state index is 13.6. The summed E-state index contributed by atoms with van der Waals surface area (Å²) in [7, 11) is 0. The number of carboxylic acids is 1. The summed E-state index contributed by atoms with van der Waals surface area (Å²) in [6.07, 6.45) is -16.4. The second kappa shape index (κ2) is 27.2. The quantitative estimate of drug-likeness (QED) is 0.00918. The van der Waals surface area contributed by atoms with E-state index in [-0.39, 0.29) is 65.9 Å². The molecule has 3 heterocycles. The molecule has 0 unspecified atom stereocenters. The van der Waals surface area contributed by atoms with Crippen molar-refractivity contribution in [2.75, 3.05) is 79.3 Å². The lowest BCUT2D eigenvalue weighted by molar-refractivity contribution is -0.338. The van der Waals surface area contributed by atoms with Crippen molar-refractivity contribution in [3.63, 3.8) is 0 Å². The van der Waals surface area contributed by atoms with E-state index in [0.29, 0.717) is 12.2 Å². The Morgan fingerprint density at radius 1 is 0.824 bits per heavy atom. The van der Waals surface area contributed by atoms with E-state index in [0.717, 1.165) is 0 Å². The van der Waals surface area contributed by atoms with Gasteiger partial charge in [-0.1, -0.05) is 5.21 Å². The Balaban J connectivity index is 1.09. The number of aliphatic hydroxyl groups is 8. The van der Waals surface area contributed by atoms with Crippen LogP contribution in [0.3, 0.4) is 0 Å². The van der Waals surface area contributed by atoms with Crippen molar-refractivity contribution in [2.45, 2.75) is 92.8 Å². The molecule has 0 aliphatic carbocycles. The van der Waals surface area contributed by atoms with Crippen molar-refractivity contribution in [1.29, 1.82) is 0 Å². The summed E-state index contributed by atoms with van der Waals surface area (Å²) in [4.78, 5) is 36.1. The predicted octanol–water partition coefficient (Wildman–Crippen LogP) is -4.46. The molecular formula is C38H53F5N4O21. The molecule has 0 bridgehead atoms. The van der Waals surface area contributed by atoms with Gasteiger partial charge < -0.3 is 93.9 Å². The standard InChI is InChI=1S/C38H53F5N4O21/c39-24-25(40)27(42)34(28(43)26(24)41)67-23(53)2-4-60-7-9-62-11-12-63-10-8-61-6-3-47-14-18(45-46-47)1-5-64-36-33(57)32(56)31(55)21(66-36)17-65-38(37(58)59)13-19(50)29(44-22(52)16-49)35(68-38)30(54)20(51)15-48/h14,19-21,29-33,35-36,48-51,54-57H,1-13,15-17H2,(H,44,52)(H,58,59)/t19-,20+,21-,29+,30+,31+,32+,33-,35+,36-,38-/m1/s1. The lowest BCUT2D eigenvalue weighted by atomic mass is 9.88. The maximum atomic E-state index is 13.6. The Labute approximate surface area is 381 Å². The first-order valence-corrected chi connectivity index (χ1v) is 20.7. The average Bonchev–Trinajstić information content (AvgIpc) is 3.78. The molecule has 386 valence electrons. The minimum Gasteiger partial charge on any atom is -0.477 e. The number of ether oxygens (including phenoxy) is 9. The van der Waals surface area contributed by atoms with Gasteiger partial charge in [0.25, 0.3) is 5.79 Å². The van der Waals surface area contributed by atoms with Crippen LogP contribution in [0.15, 0.2) is 6.20 Å². The molecule has 4 rings (SSSR count). The predicted molar refractivity (Wildman–Crippen MR) is 206 cm³/mol. The van der Waals surface area contributed by atoms with Crippen LogP contribution in [0.4, 0.5) is 22.0 Å². The number of aliphatic hydroxyl groups excluding tert-OH is 8. The highest BCUT2D eigenvalue weighted by molar-refractivity contribution is 5.78. The number of nitrogens with zero attached hydrogens (tertiary/aromatic N) is 3. The average molecular weight is 997 g/mol. The fourth-order valence-corrected chi connectivity index (χ4v) is 6.44. The summed E-state index contributed by atoms with van der Waals surface area (Å²) in [6.45, 7) is -2.08. The maximum Gasteiger partial charge on any atom is 0.364 e. The van der Waals surface area contributed by atoms with Gasteiger partial charge in [0.2, 0.25) is 40.7 Å². The van der Waals surface area contributed by atoms with Crippen molar-refractivity contribution in [3.05, 3.63) is 41.0 Å². The van der Waals surface area contributed by atoms with Crippen LogP contribution in [0.5, 0.6) is 5.75 Å². The number of carbonyl (C=O) groups is 3. The third-order valence-electron chi connectivity index (χ3n) is 10.1. The van der Waals surface area contributed by atoms with Gasteiger partial charge in [-0.2, -0.15) is 8.78 Å². The summed E-state index contributed by atoms with van der Waals surface area (Å²) in [5.41, 5.74) is 0.436. The number of amides is 1. The summed E-state index contributed by atoms with van der Waals surface area (Å²) in [5, 5.41) is 102.